The lowest BCUT2D eigenvalue weighted by atomic mass is 10.1. The van der Waals surface area contributed by atoms with Gasteiger partial charge in [0.25, 0.3) is 6.01 Å². The number of aromatic nitrogens is 2. The van der Waals surface area contributed by atoms with Crippen molar-refractivity contribution in [3.8, 4) is 0 Å². The first kappa shape index (κ1) is 20.9. The molecule has 1 aliphatic rings. The molecule has 2 atom stereocenters. The summed E-state index contributed by atoms with van der Waals surface area (Å²) in [5, 5.41) is 0.923. The summed E-state index contributed by atoms with van der Waals surface area (Å²) < 4.78 is 33.5. The van der Waals surface area contributed by atoms with E-state index in [-0.39, 0.29) is 13.2 Å². The van der Waals surface area contributed by atoms with Gasteiger partial charge in [0, 0.05) is 29.1 Å². The fourth-order valence-corrected chi connectivity index (χ4v) is 3.82. The molecular formula is C22H19Cl2FN2O3. The van der Waals surface area contributed by atoms with Crippen LogP contribution in [0.1, 0.15) is 11.1 Å². The Morgan fingerprint density at radius 2 is 2.10 bits per heavy atom. The quantitative estimate of drug-likeness (QED) is 0.451. The number of halogens is 3. The van der Waals surface area contributed by atoms with Gasteiger partial charge < -0.3 is 18.8 Å². The van der Waals surface area contributed by atoms with Crippen LogP contribution in [-0.2, 0) is 26.5 Å². The van der Waals surface area contributed by atoms with Crippen molar-refractivity contribution < 1.29 is 18.6 Å². The largest absolute Gasteiger partial charge is 0.468 e. The molecular weight excluding hydrogens is 430 g/mol. The van der Waals surface area contributed by atoms with Gasteiger partial charge in [-0.05, 0) is 17.7 Å². The minimum absolute atomic E-state index is 0.00788. The number of hydrogen-bond acceptors (Lipinski definition) is 4. The topological polar surface area (TPSA) is 45.5 Å². The van der Waals surface area contributed by atoms with Gasteiger partial charge in [0.1, 0.15) is 12.7 Å². The summed E-state index contributed by atoms with van der Waals surface area (Å²) in [4.78, 5) is 4.06. The van der Waals surface area contributed by atoms with Gasteiger partial charge in [-0.25, -0.2) is 4.98 Å². The van der Waals surface area contributed by atoms with E-state index in [1.807, 2.05) is 22.8 Å². The third-order valence-corrected chi connectivity index (χ3v) is 5.19. The monoisotopic (exact) mass is 448 g/mol. The van der Waals surface area contributed by atoms with Crippen LogP contribution in [0.25, 0.3) is 6.08 Å². The Morgan fingerprint density at radius 3 is 2.83 bits per heavy atom. The van der Waals surface area contributed by atoms with Gasteiger partial charge in [0.2, 0.25) is 5.79 Å². The molecule has 156 valence electrons. The summed E-state index contributed by atoms with van der Waals surface area (Å²) in [5.41, 5.74) is 1.34. The molecule has 0 radical (unpaired) electrons. The second-order valence-corrected chi connectivity index (χ2v) is 7.68. The van der Waals surface area contributed by atoms with Crippen LogP contribution in [0.15, 0.2) is 73.3 Å². The van der Waals surface area contributed by atoms with Crippen molar-refractivity contribution in [2.75, 3.05) is 13.2 Å². The molecule has 1 aromatic heterocycles. The molecule has 3 aromatic rings. The van der Waals surface area contributed by atoms with Crippen molar-refractivity contribution in [2.24, 2.45) is 0 Å². The normalized spacial score (nSPS) is 21.7. The standard InChI is InChI=1S/C22H19Cl2FN2O3/c23-17-6-7-19(20(24)11-17)22(14-27-9-8-26-15-27)29-13-18(30-22)12-28-21(25)10-16-4-2-1-3-5-16/h1-11,15,18H,12-14H2/b21-10+. The summed E-state index contributed by atoms with van der Waals surface area (Å²) in [6.45, 7) is 0.519. The molecule has 2 aromatic carbocycles. The van der Waals surface area contributed by atoms with Crippen molar-refractivity contribution in [1.29, 1.82) is 0 Å². The Kier molecular flexibility index (Phi) is 6.39. The lowest BCUT2D eigenvalue weighted by molar-refractivity contribution is -0.190. The van der Waals surface area contributed by atoms with Crippen molar-refractivity contribution in [3.63, 3.8) is 0 Å². The van der Waals surface area contributed by atoms with Gasteiger partial charge in [-0.15, -0.1) is 0 Å². The second-order valence-electron chi connectivity index (χ2n) is 6.83. The van der Waals surface area contributed by atoms with E-state index in [1.54, 1.807) is 49.1 Å². The summed E-state index contributed by atoms with van der Waals surface area (Å²) >= 11 is 12.5. The molecule has 2 heterocycles. The molecule has 0 N–H and O–H groups in total. The fourth-order valence-electron chi connectivity index (χ4n) is 3.27. The van der Waals surface area contributed by atoms with Gasteiger partial charge >= 0.3 is 0 Å². The Balaban J connectivity index is 1.49. The number of nitrogens with zero attached hydrogens (tertiary/aromatic N) is 2. The first-order valence-electron chi connectivity index (χ1n) is 9.32. The fraction of sp³-hybridized carbons (Fsp3) is 0.227. The highest BCUT2D eigenvalue weighted by Gasteiger charge is 2.45. The highest BCUT2D eigenvalue weighted by Crippen LogP contribution is 2.40. The molecule has 4 rings (SSSR count). The molecule has 1 aliphatic heterocycles. The average Bonchev–Trinajstić information content (AvgIpc) is 3.38. The van der Waals surface area contributed by atoms with Gasteiger partial charge in [-0.2, -0.15) is 4.39 Å². The number of rotatable bonds is 7. The van der Waals surface area contributed by atoms with Gasteiger partial charge in [-0.1, -0.05) is 59.6 Å². The van der Waals surface area contributed by atoms with E-state index in [2.05, 4.69) is 4.98 Å². The van der Waals surface area contributed by atoms with E-state index in [0.717, 1.165) is 0 Å². The van der Waals surface area contributed by atoms with Crippen LogP contribution < -0.4 is 0 Å². The molecule has 8 heteroatoms. The number of ether oxygens (including phenoxy) is 3. The molecule has 0 spiro atoms. The second kappa shape index (κ2) is 9.18. The molecule has 1 saturated heterocycles. The summed E-state index contributed by atoms with van der Waals surface area (Å²) in [5.74, 6) is -1.17. The van der Waals surface area contributed by atoms with Crippen molar-refractivity contribution >= 4 is 29.3 Å². The van der Waals surface area contributed by atoms with Crippen molar-refractivity contribution in [2.45, 2.75) is 18.4 Å². The van der Waals surface area contributed by atoms with E-state index in [0.29, 0.717) is 27.7 Å². The smallest absolute Gasteiger partial charge is 0.273 e. The zero-order valence-corrected chi connectivity index (χ0v) is 17.4. The first-order valence-corrected chi connectivity index (χ1v) is 10.1. The van der Waals surface area contributed by atoms with Crippen LogP contribution in [0.5, 0.6) is 0 Å². The highest BCUT2D eigenvalue weighted by molar-refractivity contribution is 6.35. The van der Waals surface area contributed by atoms with E-state index < -0.39 is 17.9 Å². The van der Waals surface area contributed by atoms with Gasteiger partial charge in [-0.3, -0.25) is 0 Å². The third kappa shape index (κ3) is 4.84. The molecule has 2 unspecified atom stereocenters. The first-order chi connectivity index (χ1) is 14.5. The molecule has 1 fully saturated rings. The molecule has 0 amide bonds. The maximum absolute atomic E-state index is 14.2. The summed E-state index contributed by atoms with van der Waals surface area (Å²) in [6.07, 6.45) is 5.95. The van der Waals surface area contributed by atoms with Crippen LogP contribution in [0, 0.1) is 0 Å². The van der Waals surface area contributed by atoms with Crippen molar-refractivity contribution in [1.82, 2.24) is 9.55 Å². The van der Waals surface area contributed by atoms with Gasteiger partial charge in [0.05, 0.1) is 24.5 Å². The molecule has 0 bridgehead atoms. The Morgan fingerprint density at radius 1 is 1.27 bits per heavy atom. The third-order valence-electron chi connectivity index (χ3n) is 4.64. The van der Waals surface area contributed by atoms with E-state index in [4.69, 9.17) is 37.4 Å². The maximum atomic E-state index is 14.2. The summed E-state index contributed by atoms with van der Waals surface area (Å²) in [6, 6.07) is 13.5. The van der Waals surface area contributed by atoms with E-state index >= 15 is 0 Å². The van der Waals surface area contributed by atoms with Crippen LogP contribution in [0.3, 0.4) is 0 Å². The lowest BCUT2D eigenvalue weighted by Crippen LogP contribution is -2.34. The predicted molar refractivity (Wildman–Crippen MR) is 113 cm³/mol. The molecule has 5 nitrogen and oxygen atoms in total. The minimum atomic E-state index is -1.17. The highest BCUT2D eigenvalue weighted by atomic mass is 35.5. The van der Waals surface area contributed by atoms with Crippen LogP contribution in [0.2, 0.25) is 10.0 Å². The maximum Gasteiger partial charge on any atom is 0.273 e. The predicted octanol–water partition coefficient (Wildman–Crippen LogP) is 5.44. The van der Waals surface area contributed by atoms with E-state index in [9.17, 15) is 4.39 Å². The van der Waals surface area contributed by atoms with Crippen LogP contribution in [0.4, 0.5) is 4.39 Å². The zero-order valence-electron chi connectivity index (χ0n) is 15.9. The minimum Gasteiger partial charge on any atom is -0.468 e. The van der Waals surface area contributed by atoms with E-state index in [1.165, 1.54) is 6.08 Å². The number of benzene rings is 2. The molecule has 0 saturated carbocycles. The molecule has 0 aliphatic carbocycles. The van der Waals surface area contributed by atoms with Crippen LogP contribution >= 0.6 is 23.2 Å². The SMILES string of the molecule is F/C(=C\c1ccccc1)OCC1COC(Cn2ccnc2)(c2ccc(Cl)cc2Cl)O1. The average molecular weight is 449 g/mol. The Hall–Kier alpha value is -2.38. The zero-order chi connectivity index (χ0) is 21.0. The Labute approximate surface area is 183 Å². The van der Waals surface area contributed by atoms with Gasteiger partial charge in [0.15, 0.2) is 0 Å². The van der Waals surface area contributed by atoms with Crippen LogP contribution in [-0.4, -0.2) is 28.9 Å². The van der Waals surface area contributed by atoms with Crippen molar-refractivity contribution in [3.05, 3.63) is 94.4 Å². The lowest BCUT2D eigenvalue weighted by Gasteiger charge is -2.29. The number of imidazole rings is 1. The summed E-state index contributed by atoms with van der Waals surface area (Å²) in [7, 11) is 0. The number of hydrogen-bond donors (Lipinski definition) is 0. The molecule has 30 heavy (non-hydrogen) atoms. The Bertz CT molecular complexity index is 1010.